The maximum absolute atomic E-state index is 10.4. The molecule has 2 aliphatic rings. The summed E-state index contributed by atoms with van der Waals surface area (Å²) < 4.78 is 5.22. The Labute approximate surface area is 194 Å². The van der Waals surface area contributed by atoms with E-state index in [4.69, 9.17) is 4.74 Å². The van der Waals surface area contributed by atoms with E-state index in [1.807, 2.05) is 13.0 Å². The molecule has 3 aromatic rings. The van der Waals surface area contributed by atoms with E-state index in [2.05, 4.69) is 60.6 Å². The van der Waals surface area contributed by atoms with Crippen molar-refractivity contribution in [2.75, 3.05) is 57.1 Å². The molecular weight excluding hydrogens is 418 g/mol. The maximum Gasteiger partial charge on any atom is 0.217 e. The summed E-state index contributed by atoms with van der Waals surface area (Å²) >= 11 is 0. The van der Waals surface area contributed by atoms with Gasteiger partial charge in [0.1, 0.15) is 11.6 Å². The Morgan fingerprint density at radius 3 is 2.73 bits per heavy atom. The van der Waals surface area contributed by atoms with E-state index in [0.29, 0.717) is 18.3 Å². The summed E-state index contributed by atoms with van der Waals surface area (Å²) in [5.41, 5.74) is 3.33. The van der Waals surface area contributed by atoms with Gasteiger partial charge in [-0.3, -0.25) is 9.69 Å². The minimum Gasteiger partial charge on any atom is -0.481 e. The van der Waals surface area contributed by atoms with Gasteiger partial charge in [-0.1, -0.05) is 6.07 Å². The highest BCUT2D eigenvalue weighted by atomic mass is 16.5. The normalized spacial score (nSPS) is 18.6. The summed E-state index contributed by atoms with van der Waals surface area (Å²) in [6.45, 7) is 7.23. The Hall–Kier alpha value is -3.17. The average Bonchev–Trinajstić information content (AvgIpc) is 3.46. The molecule has 9 heteroatoms. The Bertz CT molecular complexity index is 1080. The highest BCUT2D eigenvalue weighted by Gasteiger charge is 2.24. The lowest BCUT2D eigenvalue weighted by Gasteiger charge is -2.28. The lowest BCUT2D eigenvalue weighted by molar-refractivity contribution is -0.105. The number of aromatic nitrogens is 3. The molecule has 3 aromatic heterocycles. The molecule has 176 valence electrons. The lowest BCUT2D eigenvalue weighted by Crippen LogP contribution is -2.43. The fraction of sp³-hybridized carbons (Fsp3) is 0.458. The number of fused-ring (bicyclic) bond motifs is 1. The number of hydrogen-bond acceptors (Lipinski definition) is 7. The highest BCUT2D eigenvalue weighted by molar-refractivity contribution is 5.84. The van der Waals surface area contributed by atoms with Gasteiger partial charge in [-0.2, -0.15) is 4.98 Å². The van der Waals surface area contributed by atoms with Gasteiger partial charge in [0.15, 0.2) is 0 Å². The summed E-state index contributed by atoms with van der Waals surface area (Å²) in [5.74, 6) is 2.32. The monoisotopic (exact) mass is 451 g/mol. The Morgan fingerprint density at radius 1 is 1.21 bits per heavy atom. The van der Waals surface area contributed by atoms with Crippen molar-refractivity contribution in [2.24, 2.45) is 0 Å². The minimum absolute atomic E-state index is 0.472. The van der Waals surface area contributed by atoms with Crippen LogP contribution in [0.2, 0.25) is 0 Å². The van der Waals surface area contributed by atoms with Crippen LogP contribution in [-0.2, 0) is 4.79 Å². The second-order valence-corrected chi connectivity index (χ2v) is 8.51. The number of ether oxygens (including phenoxy) is 1. The zero-order valence-corrected chi connectivity index (χ0v) is 19.6. The number of aryl methyl sites for hydroxylation is 1. The fourth-order valence-corrected chi connectivity index (χ4v) is 4.45. The fourth-order valence-electron chi connectivity index (χ4n) is 4.45. The van der Waals surface area contributed by atoms with Gasteiger partial charge < -0.3 is 25.3 Å². The van der Waals surface area contributed by atoms with Crippen molar-refractivity contribution >= 4 is 28.9 Å². The molecule has 0 radical (unpaired) electrons. The van der Waals surface area contributed by atoms with Crippen molar-refractivity contribution < 1.29 is 9.53 Å². The smallest absolute Gasteiger partial charge is 0.217 e. The van der Waals surface area contributed by atoms with Gasteiger partial charge in [-0.15, -0.1) is 0 Å². The van der Waals surface area contributed by atoms with Crippen LogP contribution >= 0.6 is 0 Å². The van der Waals surface area contributed by atoms with E-state index < -0.39 is 0 Å². The van der Waals surface area contributed by atoms with E-state index in [-0.39, 0.29) is 0 Å². The number of amides is 1. The number of methoxy groups -OCH3 is 1. The van der Waals surface area contributed by atoms with Crippen LogP contribution in [0.25, 0.3) is 10.9 Å². The number of H-pyrrole nitrogens is 1. The summed E-state index contributed by atoms with van der Waals surface area (Å²) in [4.78, 5) is 27.1. The third-order valence-corrected chi connectivity index (χ3v) is 6.28. The Morgan fingerprint density at radius 2 is 2.03 bits per heavy atom. The second kappa shape index (κ2) is 10.6. The zero-order valence-electron chi connectivity index (χ0n) is 19.6. The molecule has 33 heavy (non-hydrogen) atoms. The number of likely N-dealkylation sites (tertiary alicyclic amines) is 1. The maximum atomic E-state index is 10.4. The molecule has 1 unspecified atom stereocenters. The van der Waals surface area contributed by atoms with Gasteiger partial charge in [-0.05, 0) is 45.5 Å². The quantitative estimate of drug-likeness (QED) is 0.513. The van der Waals surface area contributed by atoms with Gasteiger partial charge in [0.25, 0.3) is 0 Å². The highest BCUT2D eigenvalue weighted by Crippen LogP contribution is 2.31. The molecule has 2 aliphatic heterocycles. The molecule has 9 nitrogen and oxygen atoms in total. The number of nitrogens with one attached hydrogen (secondary N) is 3. The van der Waals surface area contributed by atoms with E-state index in [0.717, 1.165) is 60.9 Å². The number of carbonyl (C=O) groups excluding carboxylic acids is 1. The predicted molar refractivity (Wildman–Crippen MR) is 131 cm³/mol. The van der Waals surface area contributed by atoms with E-state index in [9.17, 15) is 4.79 Å². The summed E-state index contributed by atoms with van der Waals surface area (Å²) in [5, 5.41) is 6.97. The molecule has 2 fully saturated rings. The number of anilines is 2. The van der Waals surface area contributed by atoms with Crippen molar-refractivity contribution in [1.29, 1.82) is 0 Å². The molecule has 2 saturated heterocycles. The van der Waals surface area contributed by atoms with Crippen molar-refractivity contribution in [3.63, 3.8) is 0 Å². The third-order valence-electron chi connectivity index (χ3n) is 6.28. The molecule has 5 rings (SSSR count). The largest absolute Gasteiger partial charge is 0.481 e. The second-order valence-electron chi connectivity index (χ2n) is 8.51. The van der Waals surface area contributed by atoms with Crippen molar-refractivity contribution in [3.05, 3.63) is 41.7 Å². The Balaban J connectivity index is 0.000000160. The van der Waals surface area contributed by atoms with Crippen LogP contribution in [0.5, 0.6) is 5.88 Å². The SMILES string of the molecule is CN1CCCC1c1cc2cnc(NC=O)cc2[nH]1.COc1nc(N2CCNCC2)ccc1C. The minimum atomic E-state index is 0.472. The first-order valence-electron chi connectivity index (χ1n) is 11.5. The van der Waals surface area contributed by atoms with Crippen LogP contribution in [-0.4, -0.2) is 73.1 Å². The molecule has 0 saturated carbocycles. The molecule has 0 spiro atoms. The molecule has 1 amide bonds. The van der Waals surface area contributed by atoms with Crippen LogP contribution in [0.3, 0.4) is 0 Å². The first-order valence-corrected chi connectivity index (χ1v) is 11.5. The zero-order chi connectivity index (χ0) is 23.2. The number of carbonyl (C=O) groups is 1. The first kappa shape index (κ1) is 23.0. The number of pyridine rings is 2. The number of rotatable bonds is 5. The molecule has 0 aromatic carbocycles. The van der Waals surface area contributed by atoms with E-state index in [1.54, 1.807) is 13.3 Å². The summed E-state index contributed by atoms with van der Waals surface area (Å²) in [7, 11) is 3.82. The van der Waals surface area contributed by atoms with E-state index >= 15 is 0 Å². The van der Waals surface area contributed by atoms with Gasteiger partial charge in [-0.25, -0.2) is 4.98 Å². The van der Waals surface area contributed by atoms with Gasteiger partial charge in [0.2, 0.25) is 12.3 Å². The average molecular weight is 452 g/mol. The molecule has 0 aliphatic carbocycles. The number of hydrogen-bond donors (Lipinski definition) is 3. The summed E-state index contributed by atoms with van der Waals surface area (Å²) in [6, 6.07) is 8.61. The Kier molecular flexibility index (Phi) is 7.41. The molecular formula is C24H33N7O2. The third kappa shape index (κ3) is 5.43. The lowest BCUT2D eigenvalue weighted by atomic mass is 10.1. The van der Waals surface area contributed by atoms with Gasteiger partial charge >= 0.3 is 0 Å². The molecule has 3 N–H and O–H groups in total. The van der Waals surface area contributed by atoms with Crippen molar-refractivity contribution in [3.8, 4) is 5.88 Å². The number of aromatic amines is 1. The predicted octanol–water partition coefficient (Wildman–Crippen LogP) is 2.71. The number of nitrogens with zero attached hydrogens (tertiary/aromatic N) is 4. The van der Waals surface area contributed by atoms with Crippen LogP contribution in [0.1, 0.15) is 30.1 Å². The molecule has 1 atom stereocenters. The topological polar surface area (TPSA) is 98.4 Å². The first-order chi connectivity index (χ1) is 16.1. The number of piperazine rings is 1. The van der Waals surface area contributed by atoms with E-state index in [1.165, 1.54) is 18.5 Å². The van der Waals surface area contributed by atoms with Crippen LogP contribution in [0.4, 0.5) is 11.6 Å². The van der Waals surface area contributed by atoms with Crippen molar-refractivity contribution in [2.45, 2.75) is 25.8 Å². The standard InChI is InChI=1S/C13H16N4O.C11H17N3O/c1-17-4-2-3-12(17)11-5-9-7-14-13(15-8-18)6-10(9)16-11;1-9-3-4-10(13-11(9)15-2)14-7-5-12-6-8-14/h5-8,12,16H,2-4H2,1H3,(H,14,15,18);3-4,12H,5-8H2,1-2H3. The molecule has 0 bridgehead atoms. The van der Waals surface area contributed by atoms with Crippen LogP contribution in [0, 0.1) is 6.92 Å². The summed E-state index contributed by atoms with van der Waals surface area (Å²) in [6.07, 6.45) is 4.86. The van der Waals surface area contributed by atoms with Crippen LogP contribution in [0.15, 0.2) is 30.5 Å². The molecule has 5 heterocycles. The van der Waals surface area contributed by atoms with Crippen LogP contribution < -0.4 is 20.3 Å². The van der Waals surface area contributed by atoms with Crippen molar-refractivity contribution in [1.82, 2.24) is 25.2 Å². The van der Waals surface area contributed by atoms with Gasteiger partial charge in [0, 0.05) is 61.1 Å². The van der Waals surface area contributed by atoms with Gasteiger partial charge in [0.05, 0.1) is 12.6 Å².